The van der Waals surface area contributed by atoms with Crippen LogP contribution in [-0.2, 0) is 13.1 Å². The standard InChI is InChI=1S/C13H26N4/c1-5-16(6-2)7-8-17-11-14-9-13(17)10-15-12(3)4/h9,11-12,15H,5-8,10H2,1-4H3. The SMILES string of the molecule is CCN(CC)CCn1cncc1CNC(C)C. The van der Waals surface area contributed by atoms with Gasteiger partial charge in [0, 0.05) is 31.9 Å². The van der Waals surface area contributed by atoms with Crippen LogP contribution in [0, 0.1) is 0 Å². The maximum absolute atomic E-state index is 4.23. The molecule has 0 fully saturated rings. The summed E-state index contributed by atoms with van der Waals surface area (Å²) in [5.41, 5.74) is 1.27. The zero-order valence-corrected chi connectivity index (χ0v) is 11.6. The third kappa shape index (κ3) is 4.88. The van der Waals surface area contributed by atoms with Gasteiger partial charge in [-0.3, -0.25) is 0 Å². The van der Waals surface area contributed by atoms with Crippen molar-refractivity contribution in [2.45, 2.75) is 46.8 Å². The Morgan fingerprint density at radius 2 is 2.06 bits per heavy atom. The van der Waals surface area contributed by atoms with Crippen LogP contribution < -0.4 is 5.32 Å². The lowest BCUT2D eigenvalue weighted by Gasteiger charge is -2.19. The zero-order valence-electron chi connectivity index (χ0n) is 11.6. The van der Waals surface area contributed by atoms with Crippen LogP contribution in [0.2, 0.25) is 0 Å². The zero-order chi connectivity index (χ0) is 12.7. The Kier molecular flexibility index (Phi) is 6.22. The van der Waals surface area contributed by atoms with Gasteiger partial charge in [-0.1, -0.05) is 27.7 Å². The van der Waals surface area contributed by atoms with Crippen LogP contribution in [0.25, 0.3) is 0 Å². The van der Waals surface area contributed by atoms with Gasteiger partial charge in [0.05, 0.1) is 12.0 Å². The molecule has 0 aliphatic carbocycles. The average molecular weight is 238 g/mol. The number of rotatable bonds is 8. The van der Waals surface area contributed by atoms with Crippen molar-refractivity contribution in [2.75, 3.05) is 19.6 Å². The number of aromatic nitrogens is 2. The van der Waals surface area contributed by atoms with Gasteiger partial charge in [-0.05, 0) is 13.1 Å². The Morgan fingerprint density at radius 3 is 2.65 bits per heavy atom. The van der Waals surface area contributed by atoms with Gasteiger partial charge in [-0.25, -0.2) is 4.98 Å². The highest BCUT2D eigenvalue weighted by atomic mass is 15.2. The van der Waals surface area contributed by atoms with Gasteiger partial charge >= 0.3 is 0 Å². The molecule has 0 aromatic carbocycles. The predicted octanol–water partition coefficient (Wildman–Crippen LogP) is 1.72. The highest BCUT2D eigenvalue weighted by molar-refractivity contribution is 4.98. The molecule has 0 saturated heterocycles. The third-order valence-electron chi connectivity index (χ3n) is 3.04. The minimum Gasteiger partial charge on any atom is -0.332 e. The summed E-state index contributed by atoms with van der Waals surface area (Å²) in [5.74, 6) is 0. The van der Waals surface area contributed by atoms with Gasteiger partial charge in [-0.15, -0.1) is 0 Å². The van der Waals surface area contributed by atoms with Crippen LogP contribution in [-0.4, -0.2) is 40.1 Å². The van der Waals surface area contributed by atoms with E-state index in [9.17, 15) is 0 Å². The Balaban J connectivity index is 2.45. The van der Waals surface area contributed by atoms with Crippen molar-refractivity contribution in [1.29, 1.82) is 0 Å². The van der Waals surface area contributed by atoms with Crippen molar-refractivity contribution in [2.24, 2.45) is 0 Å². The van der Waals surface area contributed by atoms with E-state index in [1.54, 1.807) is 0 Å². The van der Waals surface area contributed by atoms with Gasteiger partial charge in [-0.2, -0.15) is 0 Å². The molecule has 0 spiro atoms. The van der Waals surface area contributed by atoms with E-state index in [1.165, 1.54) is 5.69 Å². The average Bonchev–Trinajstić information content (AvgIpc) is 2.75. The molecular formula is C13H26N4. The first-order chi connectivity index (χ1) is 8.17. The first-order valence-corrected chi connectivity index (χ1v) is 6.62. The summed E-state index contributed by atoms with van der Waals surface area (Å²) in [7, 11) is 0. The molecule has 0 bridgehead atoms. The van der Waals surface area contributed by atoms with Crippen LogP contribution in [0.1, 0.15) is 33.4 Å². The van der Waals surface area contributed by atoms with Crippen LogP contribution in [0.5, 0.6) is 0 Å². The molecule has 4 heteroatoms. The molecule has 4 nitrogen and oxygen atoms in total. The van der Waals surface area contributed by atoms with E-state index in [0.717, 1.165) is 32.7 Å². The molecule has 1 rings (SSSR count). The summed E-state index contributed by atoms with van der Waals surface area (Å²) in [6.45, 7) is 14.0. The fraction of sp³-hybridized carbons (Fsp3) is 0.769. The van der Waals surface area contributed by atoms with E-state index >= 15 is 0 Å². The van der Waals surface area contributed by atoms with E-state index < -0.39 is 0 Å². The van der Waals surface area contributed by atoms with Gasteiger partial charge in [0.15, 0.2) is 0 Å². The minimum absolute atomic E-state index is 0.515. The van der Waals surface area contributed by atoms with Gasteiger partial charge < -0.3 is 14.8 Å². The second kappa shape index (κ2) is 7.45. The summed E-state index contributed by atoms with van der Waals surface area (Å²) < 4.78 is 2.24. The van der Waals surface area contributed by atoms with Gasteiger partial charge in [0.2, 0.25) is 0 Å². The maximum atomic E-state index is 4.23. The normalized spacial score (nSPS) is 11.6. The lowest BCUT2D eigenvalue weighted by atomic mass is 10.3. The fourth-order valence-electron chi connectivity index (χ4n) is 1.79. The van der Waals surface area contributed by atoms with Crippen molar-refractivity contribution in [3.8, 4) is 0 Å². The topological polar surface area (TPSA) is 33.1 Å². The summed E-state index contributed by atoms with van der Waals surface area (Å²) in [5, 5.41) is 3.43. The van der Waals surface area contributed by atoms with Crippen molar-refractivity contribution in [3.63, 3.8) is 0 Å². The fourth-order valence-corrected chi connectivity index (χ4v) is 1.79. The Hall–Kier alpha value is -0.870. The second-order valence-electron chi connectivity index (χ2n) is 4.64. The predicted molar refractivity (Wildman–Crippen MR) is 72.0 cm³/mol. The number of imidazole rings is 1. The molecule has 1 N–H and O–H groups in total. The van der Waals surface area contributed by atoms with Crippen LogP contribution in [0.4, 0.5) is 0 Å². The number of hydrogen-bond donors (Lipinski definition) is 1. The quantitative estimate of drug-likeness (QED) is 0.748. The monoisotopic (exact) mass is 238 g/mol. The summed E-state index contributed by atoms with van der Waals surface area (Å²) in [4.78, 5) is 6.66. The van der Waals surface area contributed by atoms with Crippen molar-refractivity contribution >= 4 is 0 Å². The second-order valence-corrected chi connectivity index (χ2v) is 4.64. The molecule has 0 saturated carbocycles. The van der Waals surface area contributed by atoms with E-state index in [-0.39, 0.29) is 0 Å². The van der Waals surface area contributed by atoms with Crippen LogP contribution >= 0.6 is 0 Å². The molecule has 1 aromatic heterocycles. The minimum atomic E-state index is 0.515. The Morgan fingerprint density at radius 1 is 1.35 bits per heavy atom. The molecule has 17 heavy (non-hydrogen) atoms. The van der Waals surface area contributed by atoms with E-state index in [1.807, 2.05) is 12.5 Å². The largest absolute Gasteiger partial charge is 0.332 e. The van der Waals surface area contributed by atoms with Gasteiger partial charge in [0.1, 0.15) is 0 Å². The highest BCUT2D eigenvalue weighted by Gasteiger charge is 2.04. The summed E-state index contributed by atoms with van der Waals surface area (Å²) >= 11 is 0. The van der Waals surface area contributed by atoms with Crippen molar-refractivity contribution in [3.05, 3.63) is 18.2 Å². The molecule has 0 aliphatic heterocycles. The number of nitrogens with zero attached hydrogens (tertiary/aromatic N) is 3. The summed E-state index contributed by atoms with van der Waals surface area (Å²) in [6.07, 6.45) is 3.89. The van der Waals surface area contributed by atoms with E-state index in [2.05, 4.69) is 47.5 Å². The Bertz CT molecular complexity index is 302. The first kappa shape index (κ1) is 14.2. The summed E-state index contributed by atoms with van der Waals surface area (Å²) in [6, 6.07) is 0.515. The molecule has 98 valence electrons. The smallest absolute Gasteiger partial charge is 0.0949 e. The van der Waals surface area contributed by atoms with Crippen LogP contribution in [0.15, 0.2) is 12.5 Å². The number of nitrogens with one attached hydrogen (secondary N) is 1. The lowest BCUT2D eigenvalue weighted by molar-refractivity contribution is 0.289. The maximum Gasteiger partial charge on any atom is 0.0949 e. The number of hydrogen-bond acceptors (Lipinski definition) is 3. The molecule has 0 atom stereocenters. The molecular weight excluding hydrogens is 212 g/mol. The first-order valence-electron chi connectivity index (χ1n) is 6.62. The third-order valence-corrected chi connectivity index (χ3v) is 3.04. The van der Waals surface area contributed by atoms with Gasteiger partial charge in [0.25, 0.3) is 0 Å². The number of likely N-dealkylation sites (N-methyl/N-ethyl adjacent to an activating group) is 1. The highest BCUT2D eigenvalue weighted by Crippen LogP contribution is 2.00. The van der Waals surface area contributed by atoms with E-state index in [4.69, 9.17) is 0 Å². The molecule has 0 aliphatic rings. The Labute approximate surface area is 105 Å². The molecule has 0 unspecified atom stereocenters. The van der Waals surface area contributed by atoms with Crippen molar-refractivity contribution in [1.82, 2.24) is 19.8 Å². The van der Waals surface area contributed by atoms with E-state index in [0.29, 0.717) is 6.04 Å². The van der Waals surface area contributed by atoms with Crippen molar-refractivity contribution < 1.29 is 0 Å². The molecule has 1 aromatic rings. The molecule has 1 heterocycles. The van der Waals surface area contributed by atoms with Crippen LogP contribution in [0.3, 0.4) is 0 Å². The molecule has 0 amide bonds. The molecule has 0 radical (unpaired) electrons. The lowest BCUT2D eigenvalue weighted by Crippen LogP contribution is -2.28.